The second-order valence-electron chi connectivity index (χ2n) is 2.51. The molecule has 0 rings (SSSR count). The summed E-state index contributed by atoms with van der Waals surface area (Å²) in [5, 5.41) is 8.95. The predicted octanol–water partition coefficient (Wildman–Crippen LogP) is 1.89. The Balaban J connectivity index is 4.02. The van der Waals surface area contributed by atoms with Gasteiger partial charge in [0.05, 0.1) is 11.9 Å². The summed E-state index contributed by atoms with van der Waals surface area (Å²) in [6, 6.07) is 0. The summed E-state index contributed by atoms with van der Waals surface area (Å²) in [6.45, 7) is 9.69. The van der Waals surface area contributed by atoms with Crippen LogP contribution in [-0.2, 0) is 0 Å². The zero-order valence-electron chi connectivity index (χ0n) is 8.19. The van der Waals surface area contributed by atoms with E-state index in [1.54, 1.807) is 6.08 Å². The van der Waals surface area contributed by atoms with Gasteiger partial charge in [-0.3, -0.25) is 0 Å². The molecule has 76 valence electrons. The Kier molecular flexibility index (Phi) is 7.32. The molecule has 0 aliphatic rings. The van der Waals surface area contributed by atoms with Crippen molar-refractivity contribution in [3.63, 3.8) is 0 Å². The van der Waals surface area contributed by atoms with E-state index in [4.69, 9.17) is 17.3 Å². The Hall–Kier alpha value is -0.0600. The second kappa shape index (κ2) is 7.35. The third-order valence-corrected chi connectivity index (χ3v) is 3.37. The van der Waals surface area contributed by atoms with Gasteiger partial charge in [0.2, 0.25) is 0 Å². The van der Waals surface area contributed by atoms with Crippen LogP contribution in [0.2, 0.25) is 0 Å². The highest BCUT2D eigenvalue weighted by Gasteiger charge is 2.11. The molecule has 0 spiro atoms. The van der Waals surface area contributed by atoms with Gasteiger partial charge >= 0.3 is 0 Å². The summed E-state index contributed by atoms with van der Waals surface area (Å²) in [7, 11) is 0. The SMILES string of the molecule is C=CC(CO)SC(=S)N(CC)CC. The molecule has 0 saturated heterocycles. The molecule has 0 amide bonds. The Morgan fingerprint density at radius 1 is 1.62 bits per heavy atom. The average Bonchev–Trinajstić information content (AvgIpc) is 2.16. The van der Waals surface area contributed by atoms with Gasteiger partial charge < -0.3 is 10.0 Å². The Bertz CT molecular complexity index is 169. The van der Waals surface area contributed by atoms with Crippen molar-refractivity contribution in [2.45, 2.75) is 19.1 Å². The molecule has 1 unspecified atom stereocenters. The molecule has 0 bridgehead atoms. The van der Waals surface area contributed by atoms with Crippen molar-refractivity contribution < 1.29 is 5.11 Å². The lowest BCUT2D eigenvalue weighted by atomic mass is 10.4. The van der Waals surface area contributed by atoms with E-state index in [9.17, 15) is 0 Å². The summed E-state index contributed by atoms with van der Waals surface area (Å²) in [4.78, 5) is 2.09. The van der Waals surface area contributed by atoms with Crippen LogP contribution in [0.5, 0.6) is 0 Å². The highest BCUT2D eigenvalue weighted by atomic mass is 32.2. The molecule has 13 heavy (non-hydrogen) atoms. The first kappa shape index (κ1) is 12.9. The highest BCUT2D eigenvalue weighted by molar-refractivity contribution is 8.23. The minimum Gasteiger partial charge on any atom is -0.395 e. The van der Waals surface area contributed by atoms with Crippen LogP contribution in [0.25, 0.3) is 0 Å². The predicted molar refractivity (Wildman–Crippen MR) is 64.2 cm³/mol. The van der Waals surface area contributed by atoms with Gasteiger partial charge in [-0.15, -0.1) is 6.58 Å². The summed E-state index contributed by atoms with van der Waals surface area (Å²) in [5.74, 6) is 0. The Morgan fingerprint density at radius 2 is 2.15 bits per heavy atom. The van der Waals surface area contributed by atoms with E-state index in [2.05, 4.69) is 25.3 Å². The maximum Gasteiger partial charge on any atom is 0.137 e. The van der Waals surface area contributed by atoms with Gasteiger partial charge in [-0.2, -0.15) is 0 Å². The van der Waals surface area contributed by atoms with Gasteiger partial charge in [0.15, 0.2) is 0 Å². The molecule has 0 saturated carbocycles. The number of hydrogen-bond donors (Lipinski definition) is 1. The minimum atomic E-state index is 0.0214. The number of aliphatic hydroxyl groups excluding tert-OH is 1. The van der Waals surface area contributed by atoms with Crippen molar-refractivity contribution in [3.8, 4) is 0 Å². The third kappa shape index (κ3) is 4.64. The second-order valence-corrected chi connectivity index (χ2v) is 4.39. The molecule has 0 heterocycles. The van der Waals surface area contributed by atoms with Gasteiger partial charge in [-0.1, -0.05) is 30.1 Å². The lowest BCUT2D eigenvalue weighted by molar-refractivity contribution is 0.307. The summed E-state index contributed by atoms with van der Waals surface area (Å²) in [6.07, 6.45) is 1.72. The first-order valence-corrected chi connectivity index (χ1v) is 5.67. The maximum absolute atomic E-state index is 8.93. The number of thiocarbonyl (C=S) groups is 1. The fraction of sp³-hybridized carbons (Fsp3) is 0.667. The van der Waals surface area contributed by atoms with E-state index in [0.717, 1.165) is 17.4 Å². The lowest BCUT2D eigenvalue weighted by Gasteiger charge is -2.22. The van der Waals surface area contributed by atoms with E-state index in [1.165, 1.54) is 11.8 Å². The topological polar surface area (TPSA) is 23.5 Å². The van der Waals surface area contributed by atoms with Gasteiger partial charge in [0, 0.05) is 13.1 Å². The lowest BCUT2D eigenvalue weighted by Crippen LogP contribution is -2.28. The monoisotopic (exact) mass is 219 g/mol. The largest absolute Gasteiger partial charge is 0.395 e. The number of hydrogen-bond acceptors (Lipinski definition) is 3. The average molecular weight is 219 g/mol. The fourth-order valence-electron chi connectivity index (χ4n) is 0.846. The van der Waals surface area contributed by atoms with Crippen LogP contribution in [0.1, 0.15) is 13.8 Å². The molecule has 0 radical (unpaired) electrons. The molecule has 0 aromatic rings. The van der Waals surface area contributed by atoms with E-state index in [1.807, 2.05) is 0 Å². The summed E-state index contributed by atoms with van der Waals surface area (Å²) >= 11 is 6.70. The normalized spacial score (nSPS) is 12.2. The maximum atomic E-state index is 8.93. The van der Waals surface area contributed by atoms with Crippen LogP contribution in [0.3, 0.4) is 0 Å². The Labute approximate surface area is 90.0 Å². The van der Waals surface area contributed by atoms with E-state index >= 15 is 0 Å². The van der Waals surface area contributed by atoms with Gasteiger partial charge in [-0.05, 0) is 13.8 Å². The molecule has 0 fully saturated rings. The van der Waals surface area contributed by atoms with Gasteiger partial charge in [-0.25, -0.2) is 0 Å². The fourth-order valence-corrected chi connectivity index (χ4v) is 2.31. The molecular weight excluding hydrogens is 202 g/mol. The molecule has 1 N–H and O–H groups in total. The highest BCUT2D eigenvalue weighted by Crippen LogP contribution is 2.16. The quantitative estimate of drug-likeness (QED) is 0.563. The van der Waals surface area contributed by atoms with Crippen molar-refractivity contribution in [3.05, 3.63) is 12.7 Å². The Morgan fingerprint density at radius 3 is 2.46 bits per heavy atom. The third-order valence-electron chi connectivity index (χ3n) is 1.72. The number of thioether (sulfide) groups is 1. The van der Waals surface area contributed by atoms with Gasteiger partial charge in [0.1, 0.15) is 4.32 Å². The molecule has 0 aromatic carbocycles. The molecule has 1 atom stereocenters. The molecule has 4 heteroatoms. The number of aliphatic hydroxyl groups is 1. The van der Waals surface area contributed by atoms with E-state index < -0.39 is 0 Å². The molecule has 2 nitrogen and oxygen atoms in total. The van der Waals surface area contributed by atoms with Crippen molar-refractivity contribution in [2.75, 3.05) is 19.7 Å². The van der Waals surface area contributed by atoms with Crippen molar-refractivity contribution in [1.82, 2.24) is 4.90 Å². The summed E-state index contributed by atoms with van der Waals surface area (Å²) < 4.78 is 0.837. The van der Waals surface area contributed by atoms with Crippen molar-refractivity contribution >= 4 is 28.3 Å². The van der Waals surface area contributed by atoms with Crippen LogP contribution in [-0.4, -0.2) is 39.3 Å². The first-order valence-electron chi connectivity index (χ1n) is 4.38. The number of rotatable bonds is 5. The van der Waals surface area contributed by atoms with Gasteiger partial charge in [0.25, 0.3) is 0 Å². The van der Waals surface area contributed by atoms with Crippen LogP contribution in [0.15, 0.2) is 12.7 Å². The molecular formula is C9H17NOS2. The van der Waals surface area contributed by atoms with Crippen LogP contribution >= 0.6 is 24.0 Å². The van der Waals surface area contributed by atoms with Crippen molar-refractivity contribution in [2.24, 2.45) is 0 Å². The zero-order valence-corrected chi connectivity index (χ0v) is 9.83. The first-order chi connectivity index (χ1) is 6.19. The molecule has 0 aliphatic carbocycles. The van der Waals surface area contributed by atoms with Crippen LogP contribution in [0.4, 0.5) is 0 Å². The van der Waals surface area contributed by atoms with E-state index in [0.29, 0.717) is 0 Å². The van der Waals surface area contributed by atoms with E-state index in [-0.39, 0.29) is 11.9 Å². The van der Waals surface area contributed by atoms with Crippen molar-refractivity contribution in [1.29, 1.82) is 0 Å². The molecule has 0 aliphatic heterocycles. The smallest absolute Gasteiger partial charge is 0.137 e. The summed E-state index contributed by atoms with van der Waals surface area (Å²) in [5.41, 5.74) is 0. The van der Waals surface area contributed by atoms with Crippen LogP contribution in [0, 0.1) is 0 Å². The minimum absolute atomic E-state index is 0.0214. The zero-order chi connectivity index (χ0) is 10.3. The number of nitrogens with zero attached hydrogens (tertiary/aromatic N) is 1. The van der Waals surface area contributed by atoms with Crippen LogP contribution < -0.4 is 0 Å². The standard InChI is InChI=1S/C9H17NOS2/c1-4-8(7-11)13-9(12)10(5-2)6-3/h4,8,11H,1,5-7H2,2-3H3. The molecule has 0 aromatic heterocycles.